The molecule has 0 bridgehead atoms. The summed E-state index contributed by atoms with van der Waals surface area (Å²) in [6, 6.07) is 3.25. The van der Waals surface area contributed by atoms with Gasteiger partial charge in [-0.15, -0.1) is 0 Å². The molecule has 1 heterocycles. The van der Waals surface area contributed by atoms with Gasteiger partial charge >= 0.3 is 0 Å². The van der Waals surface area contributed by atoms with Crippen LogP contribution in [-0.2, 0) is 18.4 Å². The Morgan fingerprint density at radius 2 is 2.00 bits per heavy atom. The molecule has 0 unspecified atom stereocenters. The van der Waals surface area contributed by atoms with Crippen LogP contribution >= 0.6 is 11.6 Å². The van der Waals surface area contributed by atoms with Crippen LogP contribution in [0.15, 0.2) is 12.1 Å². The van der Waals surface area contributed by atoms with Crippen LogP contribution in [0.4, 0.5) is 0 Å². The maximum Gasteiger partial charge on any atom is 0.220 e. The Hall–Kier alpha value is -1.76. The van der Waals surface area contributed by atoms with E-state index in [1.54, 1.807) is 23.9 Å². The summed E-state index contributed by atoms with van der Waals surface area (Å²) < 4.78 is 17.8. The number of nitrogens with zero attached hydrogens (tertiary/aromatic N) is 2. The first-order valence-electron chi connectivity index (χ1n) is 6.71. The van der Waals surface area contributed by atoms with Gasteiger partial charge in [0.25, 0.3) is 0 Å². The molecule has 0 saturated carbocycles. The van der Waals surface area contributed by atoms with E-state index in [0.717, 1.165) is 11.3 Å². The number of rotatable bonds is 6. The molecule has 0 atom stereocenters. The lowest BCUT2D eigenvalue weighted by atomic mass is 10.2. The van der Waals surface area contributed by atoms with Crippen LogP contribution in [0.3, 0.4) is 0 Å². The molecular formula is C15H19ClN2O4. The third-order valence-corrected chi connectivity index (χ3v) is 3.58. The second-order valence-corrected chi connectivity index (χ2v) is 5.25. The first kappa shape index (κ1) is 16.6. The molecule has 0 aliphatic heterocycles. The number of aliphatic hydroxyl groups excluding tert-OH is 1. The number of halogens is 1. The number of aryl methyl sites for hydroxylation is 2. The molecule has 0 spiro atoms. The molecular weight excluding hydrogens is 308 g/mol. The molecule has 1 N–H and O–H groups in total. The standard InChI is InChI=1S/C15H19ClN2O4/c1-9-10(2)17-18(3)15(9)22-14-6-13(21-8-20-4)11(7-19)5-12(14)16/h5-6,19H,7-8H2,1-4H3. The van der Waals surface area contributed by atoms with Crippen LogP contribution in [0, 0.1) is 13.8 Å². The smallest absolute Gasteiger partial charge is 0.220 e. The number of hydrogen-bond acceptors (Lipinski definition) is 5. The Labute approximate surface area is 134 Å². The van der Waals surface area contributed by atoms with E-state index in [2.05, 4.69) is 5.10 Å². The van der Waals surface area contributed by atoms with Crippen molar-refractivity contribution in [2.75, 3.05) is 13.9 Å². The van der Waals surface area contributed by atoms with E-state index in [1.165, 1.54) is 7.11 Å². The molecule has 0 fully saturated rings. The molecule has 0 radical (unpaired) electrons. The zero-order valence-corrected chi connectivity index (χ0v) is 13.8. The van der Waals surface area contributed by atoms with E-state index in [0.29, 0.717) is 28.0 Å². The molecule has 22 heavy (non-hydrogen) atoms. The molecule has 0 aliphatic carbocycles. The molecule has 7 heteroatoms. The quantitative estimate of drug-likeness (QED) is 0.827. The van der Waals surface area contributed by atoms with Crippen molar-refractivity contribution in [3.63, 3.8) is 0 Å². The predicted octanol–water partition coefficient (Wildman–Crippen LogP) is 2.96. The van der Waals surface area contributed by atoms with Crippen molar-refractivity contribution in [1.82, 2.24) is 9.78 Å². The van der Waals surface area contributed by atoms with Gasteiger partial charge in [-0.3, -0.25) is 0 Å². The zero-order chi connectivity index (χ0) is 16.3. The van der Waals surface area contributed by atoms with Crippen LogP contribution in [0.5, 0.6) is 17.4 Å². The van der Waals surface area contributed by atoms with E-state index in [4.69, 9.17) is 25.8 Å². The largest absolute Gasteiger partial charge is 0.467 e. The van der Waals surface area contributed by atoms with Gasteiger partial charge in [-0.05, 0) is 19.9 Å². The summed E-state index contributed by atoms with van der Waals surface area (Å²) in [5, 5.41) is 14.1. The first-order chi connectivity index (χ1) is 10.5. The molecule has 6 nitrogen and oxygen atoms in total. The highest BCUT2D eigenvalue weighted by Gasteiger charge is 2.16. The second-order valence-electron chi connectivity index (χ2n) is 4.84. The van der Waals surface area contributed by atoms with Crippen molar-refractivity contribution >= 4 is 11.6 Å². The summed E-state index contributed by atoms with van der Waals surface area (Å²) in [6.07, 6.45) is 0. The Morgan fingerprint density at radius 3 is 2.55 bits per heavy atom. The van der Waals surface area contributed by atoms with Crippen molar-refractivity contribution in [1.29, 1.82) is 0 Å². The van der Waals surface area contributed by atoms with Gasteiger partial charge in [-0.25, -0.2) is 4.68 Å². The van der Waals surface area contributed by atoms with Crippen LogP contribution in [0.2, 0.25) is 5.02 Å². The maximum absolute atomic E-state index is 9.38. The molecule has 120 valence electrons. The van der Waals surface area contributed by atoms with Crippen LogP contribution < -0.4 is 9.47 Å². The minimum Gasteiger partial charge on any atom is -0.467 e. The third kappa shape index (κ3) is 3.35. The Kier molecular flexibility index (Phi) is 5.28. The maximum atomic E-state index is 9.38. The average molecular weight is 327 g/mol. The predicted molar refractivity (Wildman–Crippen MR) is 82.6 cm³/mol. The van der Waals surface area contributed by atoms with Gasteiger partial charge in [0.1, 0.15) is 5.75 Å². The minimum absolute atomic E-state index is 0.0674. The average Bonchev–Trinajstić information content (AvgIpc) is 2.73. The van der Waals surface area contributed by atoms with E-state index in [1.807, 2.05) is 13.8 Å². The summed E-state index contributed by atoms with van der Waals surface area (Å²) in [4.78, 5) is 0. The lowest BCUT2D eigenvalue weighted by Crippen LogP contribution is -2.03. The van der Waals surface area contributed by atoms with Crippen molar-refractivity contribution in [3.05, 3.63) is 34.0 Å². The lowest BCUT2D eigenvalue weighted by molar-refractivity contribution is 0.0494. The summed E-state index contributed by atoms with van der Waals surface area (Å²) in [5.74, 6) is 1.49. The fourth-order valence-electron chi connectivity index (χ4n) is 2.02. The fraction of sp³-hybridized carbons (Fsp3) is 0.400. The molecule has 2 aromatic rings. The van der Waals surface area contributed by atoms with Gasteiger partial charge in [0.2, 0.25) is 5.88 Å². The number of ether oxygens (including phenoxy) is 3. The normalized spacial score (nSPS) is 10.8. The van der Waals surface area contributed by atoms with Gasteiger partial charge in [0, 0.05) is 31.4 Å². The zero-order valence-electron chi connectivity index (χ0n) is 13.0. The molecule has 0 amide bonds. The summed E-state index contributed by atoms with van der Waals surface area (Å²) in [7, 11) is 3.32. The highest BCUT2D eigenvalue weighted by molar-refractivity contribution is 6.32. The van der Waals surface area contributed by atoms with E-state index < -0.39 is 0 Å². The second kappa shape index (κ2) is 7.00. The van der Waals surface area contributed by atoms with Gasteiger partial charge < -0.3 is 19.3 Å². The van der Waals surface area contributed by atoms with Gasteiger partial charge in [0.05, 0.1) is 17.3 Å². The van der Waals surface area contributed by atoms with Crippen molar-refractivity contribution in [3.8, 4) is 17.4 Å². The van der Waals surface area contributed by atoms with Gasteiger partial charge in [-0.1, -0.05) is 11.6 Å². The number of benzene rings is 1. The van der Waals surface area contributed by atoms with E-state index in [-0.39, 0.29) is 13.4 Å². The van der Waals surface area contributed by atoms with Gasteiger partial charge in [0.15, 0.2) is 12.5 Å². The summed E-state index contributed by atoms with van der Waals surface area (Å²) in [6.45, 7) is 3.71. The molecule has 2 rings (SSSR count). The van der Waals surface area contributed by atoms with Gasteiger partial charge in [-0.2, -0.15) is 5.10 Å². The van der Waals surface area contributed by atoms with E-state index >= 15 is 0 Å². The van der Waals surface area contributed by atoms with E-state index in [9.17, 15) is 5.11 Å². The number of aliphatic hydroxyl groups is 1. The molecule has 0 saturated heterocycles. The van der Waals surface area contributed by atoms with Crippen molar-refractivity contribution in [2.45, 2.75) is 20.5 Å². The number of hydrogen-bond donors (Lipinski definition) is 1. The number of aromatic nitrogens is 2. The first-order valence-corrected chi connectivity index (χ1v) is 7.08. The van der Waals surface area contributed by atoms with Crippen molar-refractivity contribution < 1.29 is 19.3 Å². The van der Waals surface area contributed by atoms with Crippen molar-refractivity contribution in [2.24, 2.45) is 7.05 Å². The van der Waals surface area contributed by atoms with Crippen LogP contribution in [0.25, 0.3) is 0 Å². The summed E-state index contributed by atoms with van der Waals surface area (Å²) in [5.41, 5.74) is 2.38. The molecule has 0 aliphatic rings. The topological polar surface area (TPSA) is 65.7 Å². The Morgan fingerprint density at radius 1 is 1.27 bits per heavy atom. The lowest BCUT2D eigenvalue weighted by Gasteiger charge is -2.14. The molecule has 1 aromatic heterocycles. The van der Waals surface area contributed by atoms with Crippen LogP contribution in [-0.4, -0.2) is 28.8 Å². The fourth-order valence-corrected chi connectivity index (χ4v) is 2.25. The monoisotopic (exact) mass is 326 g/mol. The number of methoxy groups -OCH3 is 1. The molecule has 1 aromatic carbocycles. The minimum atomic E-state index is -0.192. The third-order valence-electron chi connectivity index (χ3n) is 3.28. The highest BCUT2D eigenvalue weighted by Crippen LogP contribution is 2.37. The van der Waals surface area contributed by atoms with Crippen LogP contribution in [0.1, 0.15) is 16.8 Å². The summed E-state index contributed by atoms with van der Waals surface area (Å²) >= 11 is 6.22. The SMILES string of the molecule is COCOc1cc(Oc2c(C)c(C)nn2C)c(Cl)cc1CO. The Bertz CT molecular complexity index is 670. The Balaban J connectivity index is 2.38. The highest BCUT2D eigenvalue weighted by atomic mass is 35.5.